The first-order valence-corrected chi connectivity index (χ1v) is 9.13. The van der Waals surface area contributed by atoms with Crippen LogP contribution >= 0.6 is 0 Å². The molecule has 0 N–H and O–H groups in total. The Morgan fingerprint density at radius 1 is 0.577 bits per heavy atom. The summed E-state index contributed by atoms with van der Waals surface area (Å²) in [6.07, 6.45) is 4.01. The van der Waals surface area contributed by atoms with Crippen LogP contribution in [0.2, 0.25) is 0 Å². The highest BCUT2D eigenvalue weighted by atomic mass is 16.1. The molecule has 0 saturated carbocycles. The summed E-state index contributed by atoms with van der Waals surface area (Å²) in [6, 6.07) is 7.84. The molecule has 0 aromatic heterocycles. The average Bonchev–Trinajstić information content (AvgIpc) is 2.53. The minimum absolute atomic E-state index is 0.0757. The number of carbonyl (C=O) groups excluding carboxylic acids is 2. The fourth-order valence-corrected chi connectivity index (χ4v) is 4.01. The first-order valence-electron chi connectivity index (χ1n) is 9.13. The number of hydrogen-bond acceptors (Lipinski definition) is 2. The van der Waals surface area contributed by atoms with Gasteiger partial charge in [-0.15, -0.1) is 0 Å². The van der Waals surface area contributed by atoms with Gasteiger partial charge in [-0.2, -0.15) is 0 Å². The number of ketones is 2. The maximum atomic E-state index is 13.1. The second-order valence-electron chi connectivity index (χ2n) is 9.43. The highest BCUT2D eigenvalue weighted by Crippen LogP contribution is 2.44. The normalized spacial score (nSPS) is 16.7. The third kappa shape index (κ3) is 2.25. The molecule has 2 nitrogen and oxygen atoms in total. The fraction of sp³-hybridized carbons (Fsp3) is 0.333. The number of Topliss-reactive ketones (excluding diaryl/α,β-unsaturated/α-hetero) is 2. The van der Waals surface area contributed by atoms with Crippen molar-refractivity contribution in [3.63, 3.8) is 0 Å². The molecule has 2 aliphatic rings. The Hall–Kier alpha value is -2.48. The zero-order valence-electron chi connectivity index (χ0n) is 16.3. The molecule has 0 heterocycles. The molecule has 0 atom stereocenters. The number of benzene rings is 2. The van der Waals surface area contributed by atoms with Crippen molar-refractivity contribution in [3.05, 3.63) is 57.7 Å². The molecule has 0 spiro atoms. The highest BCUT2D eigenvalue weighted by molar-refractivity contribution is 6.30. The first kappa shape index (κ1) is 17.0. The Balaban J connectivity index is 2.09. The van der Waals surface area contributed by atoms with Crippen LogP contribution in [-0.4, -0.2) is 11.6 Å². The van der Waals surface area contributed by atoms with Crippen LogP contribution < -0.4 is 0 Å². The Bertz CT molecular complexity index is 978. The molecule has 0 aliphatic heterocycles. The third-order valence-electron chi connectivity index (χ3n) is 5.42. The van der Waals surface area contributed by atoms with E-state index >= 15 is 0 Å². The predicted octanol–water partition coefficient (Wildman–Crippen LogP) is 6.09. The summed E-state index contributed by atoms with van der Waals surface area (Å²) < 4.78 is 0. The second kappa shape index (κ2) is 5.03. The van der Waals surface area contributed by atoms with Gasteiger partial charge in [-0.3, -0.25) is 9.59 Å². The van der Waals surface area contributed by atoms with Crippen LogP contribution in [0.1, 0.15) is 73.4 Å². The van der Waals surface area contributed by atoms with Crippen LogP contribution in [0.15, 0.2) is 35.4 Å². The van der Waals surface area contributed by atoms with Gasteiger partial charge in [-0.25, -0.2) is 0 Å². The molecule has 0 amide bonds. The quantitative estimate of drug-likeness (QED) is 0.579. The maximum absolute atomic E-state index is 13.1. The largest absolute Gasteiger partial charge is 0.289 e. The lowest BCUT2D eigenvalue weighted by molar-refractivity contribution is 0.100. The third-order valence-corrected chi connectivity index (χ3v) is 5.42. The lowest BCUT2D eigenvalue weighted by Crippen LogP contribution is -2.23. The van der Waals surface area contributed by atoms with Crippen molar-refractivity contribution in [1.82, 2.24) is 0 Å². The Morgan fingerprint density at radius 3 is 1.23 bits per heavy atom. The van der Waals surface area contributed by atoms with Gasteiger partial charge in [0.05, 0.1) is 0 Å². The Kier molecular flexibility index (Phi) is 3.28. The van der Waals surface area contributed by atoms with Crippen LogP contribution in [0.4, 0.5) is 0 Å². The highest BCUT2D eigenvalue weighted by Gasteiger charge is 2.34. The zero-order chi connectivity index (χ0) is 19.0. The van der Waals surface area contributed by atoms with Crippen molar-refractivity contribution in [2.45, 2.75) is 41.5 Å². The van der Waals surface area contributed by atoms with Gasteiger partial charge < -0.3 is 0 Å². The zero-order valence-corrected chi connectivity index (χ0v) is 16.3. The van der Waals surface area contributed by atoms with E-state index in [4.69, 9.17) is 0 Å². The number of allylic oxidation sites excluding steroid dienone is 2. The summed E-state index contributed by atoms with van der Waals surface area (Å²) >= 11 is 0. The van der Waals surface area contributed by atoms with Gasteiger partial charge in [0.25, 0.3) is 0 Å². The standard InChI is InChI=1S/C24H24O2/c1-23(2,3)17-11-13-7-8-14-12-18(24(4,5)6)22(26)16-10-9-15(21(17)25)19(13)20(14)16/h7-12H,1-6H3. The van der Waals surface area contributed by atoms with Crippen molar-refractivity contribution < 1.29 is 9.59 Å². The predicted molar refractivity (Wildman–Crippen MR) is 107 cm³/mol. The van der Waals surface area contributed by atoms with Crippen LogP contribution in [-0.2, 0) is 0 Å². The molecule has 132 valence electrons. The van der Waals surface area contributed by atoms with E-state index in [1.165, 1.54) is 0 Å². The van der Waals surface area contributed by atoms with Crippen molar-refractivity contribution in [1.29, 1.82) is 0 Å². The monoisotopic (exact) mass is 344 g/mol. The van der Waals surface area contributed by atoms with E-state index in [1.807, 2.05) is 24.3 Å². The fourth-order valence-electron chi connectivity index (χ4n) is 4.01. The van der Waals surface area contributed by atoms with Gasteiger partial charge in [-0.05, 0) is 46.2 Å². The lowest BCUT2D eigenvalue weighted by Gasteiger charge is -2.30. The summed E-state index contributed by atoms with van der Waals surface area (Å²) in [6.45, 7) is 12.4. The SMILES string of the molecule is CC(C)(C)C1=Cc2ccc3c4c(ccc(c24)C1=O)C(=O)C(C(C)(C)C)=C3. The van der Waals surface area contributed by atoms with Gasteiger partial charge in [-0.1, -0.05) is 53.7 Å². The molecule has 26 heavy (non-hydrogen) atoms. The summed E-state index contributed by atoms with van der Waals surface area (Å²) in [7, 11) is 0. The molecular formula is C24H24O2. The minimum atomic E-state index is -0.218. The second-order valence-corrected chi connectivity index (χ2v) is 9.43. The Morgan fingerprint density at radius 2 is 0.923 bits per heavy atom. The van der Waals surface area contributed by atoms with Gasteiger partial charge >= 0.3 is 0 Å². The molecule has 0 fully saturated rings. The maximum Gasteiger partial charge on any atom is 0.190 e. The molecule has 2 aromatic carbocycles. The molecule has 2 aliphatic carbocycles. The summed E-state index contributed by atoms with van der Waals surface area (Å²) in [5.74, 6) is 0.151. The van der Waals surface area contributed by atoms with Crippen molar-refractivity contribution in [2.24, 2.45) is 10.8 Å². The lowest BCUT2D eigenvalue weighted by atomic mass is 9.72. The molecule has 0 unspecified atom stereocenters. The van der Waals surface area contributed by atoms with Gasteiger partial charge in [0, 0.05) is 33.0 Å². The minimum Gasteiger partial charge on any atom is -0.289 e. The van der Waals surface area contributed by atoms with E-state index in [-0.39, 0.29) is 22.4 Å². The first-order chi connectivity index (χ1) is 12.0. The van der Waals surface area contributed by atoms with Gasteiger partial charge in [0.1, 0.15) is 0 Å². The van der Waals surface area contributed by atoms with Crippen LogP contribution in [0.3, 0.4) is 0 Å². The van der Waals surface area contributed by atoms with Crippen LogP contribution in [0.25, 0.3) is 22.9 Å². The van der Waals surface area contributed by atoms with Crippen LogP contribution in [0, 0.1) is 10.8 Å². The molecule has 2 heteroatoms. The molecule has 2 aromatic rings. The molecule has 0 radical (unpaired) electrons. The van der Waals surface area contributed by atoms with Gasteiger partial charge in [0.2, 0.25) is 0 Å². The Labute approximate surface area is 154 Å². The summed E-state index contributed by atoms with van der Waals surface area (Å²) in [5, 5.41) is 1.85. The van der Waals surface area contributed by atoms with E-state index in [9.17, 15) is 9.59 Å². The van der Waals surface area contributed by atoms with E-state index in [1.54, 1.807) is 0 Å². The molecule has 4 rings (SSSR count). The van der Waals surface area contributed by atoms with E-state index < -0.39 is 0 Å². The smallest absolute Gasteiger partial charge is 0.190 e. The average molecular weight is 344 g/mol. The number of rotatable bonds is 0. The van der Waals surface area contributed by atoms with E-state index in [0.29, 0.717) is 11.1 Å². The number of hydrogen-bond donors (Lipinski definition) is 0. The summed E-state index contributed by atoms with van der Waals surface area (Å²) in [5.41, 5.74) is 4.70. The van der Waals surface area contributed by atoms with E-state index in [0.717, 1.165) is 33.0 Å². The number of carbonyl (C=O) groups is 2. The molecule has 0 bridgehead atoms. The van der Waals surface area contributed by atoms with E-state index in [2.05, 4.69) is 53.7 Å². The summed E-state index contributed by atoms with van der Waals surface area (Å²) in [4.78, 5) is 26.2. The van der Waals surface area contributed by atoms with Crippen molar-refractivity contribution in [2.75, 3.05) is 0 Å². The molecular weight excluding hydrogens is 320 g/mol. The van der Waals surface area contributed by atoms with Crippen molar-refractivity contribution >= 4 is 34.5 Å². The van der Waals surface area contributed by atoms with Gasteiger partial charge in [0.15, 0.2) is 11.6 Å². The topological polar surface area (TPSA) is 34.1 Å². The van der Waals surface area contributed by atoms with Crippen LogP contribution in [0.5, 0.6) is 0 Å². The van der Waals surface area contributed by atoms with Crippen molar-refractivity contribution in [3.8, 4) is 0 Å². The molecule has 0 saturated heterocycles.